The molecule has 0 aliphatic rings. The lowest BCUT2D eigenvalue weighted by molar-refractivity contribution is 0.0692. The molecule has 0 fully saturated rings. The molecule has 0 bridgehead atoms. The van der Waals surface area contributed by atoms with E-state index in [1.54, 1.807) is 13.8 Å². The third-order valence-electron chi connectivity index (χ3n) is 3.24. The fraction of sp³-hybridized carbons (Fsp3) is 0.533. The van der Waals surface area contributed by atoms with E-state index in [9.17, 15) is 20.1 Å². The number of unbranched alkanes of at least 4 members (excludes halogenated alkanes) is 2. The maximum Gasteiger partial charge on any atom is 0.339 e. The van der Waals surface area contributed by atoms with E-state index in [2.05, 4.69) is 6.92 Å². The smallest absolute Gasteiger partial charge is 0.339 e. The summed E-state index contributed by atoms with van der Waals surface area (Å²) >= 11 is 0. The highest BCUT2D eigenvalue weighted by Crippen LogP contribution is 2.39. The normalized spacial score (nSPS) is 10.9. The molecule has 4 nitrogen and oxygen atoms in total. The molecule has 3 N–H and O–H groups in total. The van der Waals surface area contributed by atoms with Gasteiger partial charge in [-0.3, -0.25) is 0 Å². The first-order valence-corrected chi connectivity index (χ1v) is 6.71. The lowest BCUT2D eigenvalue weighted by Gasteiger charge is -2.16. The van der Waals surface area contributed by atoms with Crippen molar-refractivity contribution < 1.29 is 20.1 Å². The van der Waals surface area contributed by atoms with Crippen LogP contribution < -0.4 is 0 Å². The molecule has 0 unspecified atom stereocenters. The van der Waals surface area contributed by atoms with Gasteiger partial charge in [0, 0.05) is 5.56 Å². The van der Waals surface area contributed by atoms with Crippen LogP contribution in [0.3, 0.4) is 0 Å². The van der Waals surface area contributed by atoms with Gasteiger partial charge in [-0.05, 0) is 30.4 Å². The highest BCUT2D eigenvalue weighted by molar-refractivity contribution is 5.93. The number of aromatic carboxylic acids is 1. The van der Waals surface area contributed by atoms with Crippen LogP contribution in [0.2, 0.25) is 0 Å². The van der Waals surface area contributed by atoms with Crippen LogP contribution in [0.15, 0.2) is 6.07 Å². The second kappa shape index (κ2) is 6.45. The van der Waals surface area contributed by atoms with E-state index < -0.39 is 5.97 Å². The number of benzene rings is 1. The first-order chi connectivity index (χ1) is 8.90. The van der Waals surface area contributed by atoms with Gasteiger partial charge in [0.1, 0.15) is 17.1 Å². The van der Waals surface area contributed by atoms with Crippen molar-refractivity contribution in [2.24, 2.45) is 0 Å². The minimum atomic E-state index is -1.15. The Hall–Kier alpha value is -1.71. The van der Waals surface area contributed by atoms with Crippen molar-refractivity contribution in [3.05, 3.63) is 22.8 Å². The molecule has 4 heteroatoms. The van der Waals surface area contributed by atoms with E-state index >= 15 is 0 Å². The Labute approximate surface area is 113 Å². The van der Waals surface area contributed by atoms with Crippen molar-refractivity contribution >= 4 is 5.97 Å². The molecule has 0 aliphatic heterocycles. The Balaban J connectivity index is 3.27. The van der Waals surface area contributed by atoms with Crippen LogP contribution in [0.1, 0.15) is 67.4 Å². The van der Waals surface area contributed by atoms with E-state index in [4.69, 9.17) is 0 Å². The highest BCUT2D eigenvalue weighted by Gasteiger charge is 2.23. The molecular weight excluding hydrogens is 244 g/mol. The predicted molar refractivity (Wildman–Crippen MR) is 74.0 cm³/mol. The minimum absolute atomic E-state index is 0.0241. The summed E-state index contributed by atoms with van der Waals surface area (Å²) in [5.74, 6) is -1.60. The lowest BCUT2D eigenvalue weighted by Crippen LogP contribution is -2.06. The van der Waals surface area contributed by atoms with Gasteiger partial charge in [-0.15, -0.1) is 0 Å². The summed E-state index contributed by atoms with van der Waals surface area (Å²) in [4.78, 5) is 11.3. The molecule has 0 radical (unpaired) electrons. The second-order valence-electron chi connectivity index (χ2n) is 5.11. The zero-order valence-electron chi connectivity index (χ0n) is 11.7. The average molecular weight is 266 g/mol. The second-order valence-corrected chi connectivity index (χ2v) is 5.11. The van der Waals surface area contributed by atoms with Crippen LogP contribution in [0.25, 0.3) is 0 Å². The summed E-state index contributed by atoms with van der Waals surface area (Å²) in [6, 6.07) is 1.48. The van der Waals surface area contributed by atoms with Crippen molar-refractivity contribution in [3.8, 4) is 11.5 Å². The monoisotopic (exact) mass is 266 g/mol. The predicted octanol–water partition coefficient (Wildman–Crippen LogP) is 3.65. The Morgan fingerprint density at radius 3 is 2.37 bits per heavy atom. The van der Waals surface area contributed by atoms with Gasteiger partial charge in [0.25, 0.3) is 0 Å². The molecular formula is C15H22O4. The van der Waals surface area contributed by atoms with Gasteiger partial charge in [0.05, 0.1) is 0 Å². The van der Waals surface area contributed by atoms with Crippen molar-refractivity contribution in [1.82, 2.24) is 0 Å². The van der Waals surface area contributed by atoms with Crippen molar-refractivity contribution in [1.29, 1.82) is 0 Å². The molecule has 0 spiro atoms. The van der Waals surface area contributed by atoms with Gasteiger partial charge < -0.3 is 15.3 Å². The Morgan fingerprint density at radius 2 is 1.89 bits per heavy atom. The van der Waals surface area contributed by atoms with Crippen LogP contribution >= 0.6 is 0 Å². The van der Waals surface area contributed by atoms with Crippen molar-refractivity contribution in [3.63, 3.8) is 0 Å². The molecule has 0 atom stereocenters. The summed E-state index contributed by atoms with van der Waals surface area (Å²) in [5, 5.41) is 29.3. The molecule has 0 aromatic heterocycles. The zero-order chi connectivity index (χ0) is 14.6. The van der Waals surface area contributed by atoms with Gasteiger partial charge in [-0.1, -0.05) is 33.6 Å². The first-order valence-electron chi connectivity index (χ1n) is 6.71. The molecule has 0 heterocycles. The number of carbonyl (C=O) groups is 1. The Morgan fingerprint density at radius 1 is 1.26 bits per heavy atom. The number of phenols is 2. The first kappa shape index (κ1) is 15.3. The van der Waals surface area contributed by atoms with Crippen molar-refractivity contribution in [2.45, 2.75) is 52.4 Å². The van der Waals surface area contributed by atoms with E-state index in [1.807, 2.05) is 0 Å². The van der Waals surface area contributed by atoms with Crippen LogP contribution in [-0.2, 0) is 6.42 Å². The largest absolute Gasteiger partial charge is 0.508 e. The number of rotatable bonds is 6. The van der Waals surface area contributed by atoms with E-state index in [1.165, 1.54) is 6.07 Å². The lowest BCUT2D eigenvalue weighted by atomic mass is 9.92. The molecule has 0 aliphatic carbocycles. The third kappa shape index (κ3) is 3.40. The maximum absolute atomic E-state index is 11.3. The standard InChI is InChI=1S/C15H22O4/c1-4-5-6-7-10-8-11(16)12(9(2)3)14(17)13(10)15(18)19/h8-9,16-17H,4-7H2,1-3H3,(H,18,19). The quantitative estimate of drug-likeness (QED) is 0.687. The molecule has 0 amide bonds. The summed E-state index contributed by atoms with van der Waals surface area (Å²) in [5.41, 5.74) is 0.731. The number of carboxylic acid groups (broad SMARTS) is 1. The summed E-state index contributed by atoms with van der Waals surface area (Å²) < 4.78 is 0. The van der Waals surface area contributed by atoms with E-state index in [0.717, 1.165) is 19.3 Å². The molecule has 1 aromatic rings. The van der Waals surface area contributed by atoms with E-state index in [-0.39, 0.29) is 23.0 Å². The number of aromatic hydroxyl groups is 2. The number of carboxylic acids is 1. The number of hydrogen-bond donors (Lipinski definition) is 3. The average Bonchev–Trinajstić information content (AvgIpc) is 2.27. The van der Waals surface area contributed by atoms with Gasteiger partial charge >= 0.3 is 5.97 Å². The summed E-state index contributed by atoms with van der Waals surface area (Å²) in [6.07, 6.45) is 3.42. The van der Waals surface area contributed by atoms with Crippen LogP contribution in [0, 0.1) is 0 Å². The minimum Gasteiger partial charge on any atom is -0.508 e. The molecule has 1 aromatic carbocycles. The number of hydrogen-bond acceptors (Lipinski definition) is 3. The van der Waals surface area contributed by atoms with Crippen LogP contribution in [0.4, 0.5) is 0 Å². The van der Waals surface area contributed by atoms with E-state index in [0.29, 0.717) is 17.5 Å². The molecule has 0 saturated heterocycles. The molecule has 0 saturated carbocycles. The van der Waals surface area contributed by atoms with Gasteiger partial charge in [-0.2, -0.15) is 0 Å². The van der Waals surface area contributed by atoms with Gasteiger partial charge in [-0.25, -0.2) is 4.79 Å². The van der Waals surface area contributed by atoms with Gasteiger partial charge in [0.2, 0.25) is 0 Å². The van der Waals surface area contributed by atoms with Crippen molar-refractivity contribution in [2.75, 3.05) is 0 Å². The molecule has 19 heavy (non-hydrogen) atoms. The van der Waals surface area contributed by atoms with Gasteiger partial charge in [0.15, 0.2) is 0 Å². The van der Waals surface area contributed by atoms with Crippen LogP contribution in [-0.4, -0.2) is 21.3 Å². The number of aryl methyl sites for hydroxylation is 1. The fourth-order valence-corrected chi connectivity index (χ4v) is 2.29. The summed E-state index contributed by atoms with van der Waals surface area (Å²) in [6.45, 7) is 5.67. The third-order valence-corrected chi connectivity index (χ3v) is 3.24. The Kier molecular flexibility index (Phi) is 5.21. The zero-order valence-corrected chi connectivity index (χ0v) is 11.7. The molecule has 106 valence electrons. The maximum atomic E-state index is 11.3. The summed E-state index contributed by atoms with van der Waals surface area (Å²) in [7, 11) is 0. The number of phenolic OH excluding ortho intramolecular Hbond substituents is 1. The highest BCUT2D eigenvalue weighted by atomic mass is 16.4. The molecule has 1 rings (SSSR count). The fourth-order valence-electron chi connectivity index (χ4n) is 2.29. The SMILES string of the molecule is CCCCCc1cc(O)c(C(C)C)c(O)c1C(=O)O. The van der Waals surface area contributed by atoms with Crippen LogP contribution in [0.5, 0.6) is 11.5 Å². The topological polar surface area (TPSA) is 77.8 Å². The Bertz CT molecular complexity index is 464.